The fourth-order valence-corrected chi connectivity index (χ4v) is 3.01. The van der Waals surface area contributed by atoms with Gasteiger partial charge in [0.2, 0.25) is 5.91 Å². The summed E-state index contributed by atoms with van der Waals surface area (Å²) >= 11 is 0. The second-order valence-electron chi connectivity index (χ2n) is 5.50. The number of H-pyrrole nitrogens is 1. The van der Waals surface area contributed by atoms with Crippen LogP contribution >= 0.6 is 0 Å². The highest BCUT2D eigenvalue weighted by atomic mass is 16.3. The smallest absolute Gasteiger partial charge is 0.227 e. The number of nitrogens with zero attached hydrogens (tertiary/aromatic N) is 1. The van der Waals surface area contributed by atoms with Crippen molar-refractivity contribution < 1.29 is 9.90 Å². The van der Waals surface area contributed by atoms with Crippen molar-refractivity contribution in [3.8, 4) is 0 Å². The Morgan fingerprint density at radius 3 is 3.10 bits per heavy atom. The summed E-state index contributed by atoms with van der Waals surface area (Å²) in [6, 6.07) is 8.08. The maximum absolute atomic E-state index is 12.4. The van der Waals surface area contributed by atoms with E-state index in [1.165, 1.54) is 0 Å². The second-order valence-corrected chi connectivity index (χ2v) is 5.50. The maximum Gasteiger partial charge on any atom is 0.227 e. The Balaban J connectivity index is 1.73. The number of aliphatic hydroxyl groups excluding tert-OH is 1. The number of hydrogen-bond acceptors (Lipinski definition) is 2. The monoisotopic (exact) mass is 272 g/mol. The van der Waals surface area contributed by atoms with Crippen LogP contribution in [0.5, 0.6) is 0 Å². The summed E-state index contributed by atoms with van der Waals surface area (Å²) in [7, 11) is 0. The lowest BCUT2D eigenvalue weighted by molar-refractivity contribution is -0.135. The van der Waals surface area contributed by atoms with Gasteiger partial charge in [-0.05, 0) is 48.4 Å². The first-order valence-electron chi connectivity index (χ1n) is 7.24. The van der Waals surface area contributed by atoms with E-state index < -0.39 is 0 Å². The van der Waals surface area contributed by atoms with Crippen LogP contribution in [0.2, 0.25) is 0 Å². The normalized spacial score (nSPS) is 19.4. The summed E-state index contributed by atoms with van der Waals surface area (Å²) in [5.74, 6) is 0.124. The highest BCUT2D eigenvalue weighted by molar-refractivity contribution is 5.83. The summed E-state index contributed by atoms with van der Waals surface area (Å²) < 4.78 is 0. The Kier molecular flexibility index (Phi) is 3.74. The lowest BCUT2D eigenvalue weighted by Gasteiger charge is -2.34. The van der Waals surface area contributed by atoms with Crippen LogP contribution in [0.1, 0.15) is 24.8 Å². The first-order valence-corrected chi connectivity index (χ1v) is 7.24. The fraction of sp³-hybridized carbons (Fsp3) is 0.438. The van der Waals surface area contributed by atoms with Gasteiger partial charge < -0.3 is 15.0 Å². The number of amides is 1. The van der Waals surface area contributed by atoms with Crippen molar-refractivity contribution >= 4 is 16.8 Å². The van der Waals surface area contributed by atoms with Crippen molar-refractivity contribution in [2.24, 2.45) is 0 Å². The highest BCUT2D eigenvalue weighted by Gasteiger charge is 2.25. The largest absolute Gasteiger partial charge is 0.394 e. The molecule has 1 aromatic heterocycles. The molecule has 1 aliphatic heterocycles. The quantitative estimate of drug-likeness (QED) is 0.899. The minimum Gasteiger partial charge on any atom is -0.394 e. The van der Waals surface area contributed by atoms with E-state index in [2.05, 4.69) is 11.1 Å². The molecule has 0 saturated carbocycles. The summed E-state index contributed by atoms with van der Waals surface area (Å²) in [5.41, 5.74) is 2.12. The number of carbonyl (C=O) groups is 1. The van der Waals surface area contributed by atoms with Gasteiger partial charge in [-0.1, -0.05) is 6.07 Å². The molecular weight excluding hydrogens is 252 g/mol. The predicted molar refractivity (Wildman–Crippen MR) is 78.4 cm³/mol. The van der Waals surface area contributed by atoms with E-state index in [0.29, 0.717) is 6.42 Å². The van der Waals surface area contributed by atoms with Crippen LogP contribution < -0.4 is 0 Å². The molecule has 2 N–H and O–H groups in total. The van der Waals surface area contributed by atoms with Crippen LogP contribution in [0, 0.1) is 0 Å². The van der Waals surface area contributed by atoms with Crippen molar-refractivity contribution in [2.45, 2.75) is 31.7 Å². The van der Waals surface area contributed by atoms with Crippen molar-refractivity contribution in [1.82, 2.24) is 9.88 Å². The molecule has 4 heteroatoms. The number of aromatic nitrogens is 1. The number of rotatable bonds is 3. The minimum atomic E-state index is 0.00670. The van der Waals surface area contributed by atoms with E-state index in [1.54, 1.807) is 0 Å². The number of nitrogens with one attached hydrogen (secondary N) is 1. The summed E-state index contributed by atoms with van der Waals surface area (Å²) in [6.07, 6.45) is 5.38. The molecule has 3 rings (SSSR count). The number of carbonyl (C=O) groups excluding carboxylic acids is 1. The SMILES string of the molecule is O=C(Cc1ccc2[nH]ccc2c1)N1CCCCC1CO. The van der Waals surface area contributed by atoms with Gasteiger partial charge in [0.15, 0.2) is 0 Å². The van der Waals surface area contributed by atoms with Gasteiger partial charge in [-0.3, -0.25) is 4.79 Å². The van der Waals surface area contributed by atoms with Gasteiger partial charge in [0.25, 0.3) is 0 Å². The van der Waals surface area contributed by atoms with Crippen molar-refractivity contribution in [3.05, 3.63) is 36.0 Å². The molecule has 4 nitrogen and oxygen atoms in total. The average molecular weight is 272 g/mol. The van der Waals surface area contributed by atoms with E-state index in [0.717, 1.165) is 42.3 Å². The molecule has 1 fully saturated rings. The van der Waals surface area contributed by atoms with Crippen molar-refractivity contribution in [3.63, 3.8) is 0 Å². The second kappa shape index (κ2) is 5.67. The summed E-state index contributed by atoms with van der Waals surface area (Å²) in [5, 5.41) is 10.5. The molecule has 1 unspecified atom stereocenters. The molecule has 106 valence electrons. The lowest BCUT2D eigenvalue weighted by Crippen LogP contribution is -2.46. The first kappa shape index (κ1) is 13.2. The number of aromatic amines is 1. The molecule has 1 atom stereocenters. The number of likely N-dealkylation sites (tertiary alicyclic amines) is 1. The van der Waals surface area contributed by atoms with Crippen LogP contribution in [0.3, 0.4) is 0 Å². The van der Waals surface area contributed by atoms with Gasteiger partial charge in [-0.2, -0.15) is 0 Å². The van der Waals surface area contributed by atoms with Gasteiger partial charge >= 0.3 is 0 Å². The summed E-state index contributed by atoms with van der Waals surface area (Å²) in [4.78, 5) is 17.4. The van der Waals surface area contributed by atoms with Crippen molar-refractivity contribution in [1.29, 1.82) is 0 Å². The topological polar surface area (TPSA) is 56.3 Å². The Bertz CT molecular complexity index is 605. The Morgan fingerprint density at radius 1 is 1.35 bits per heavy atom. The molecular formula is C16H20N2O2. The number of aliphatic hydroxyl groups is 1. The van der Waals surface area contributed by atoms with E-state index in [-0.39, 0.29) is 18.6 Å². The van der Waals surface area contributed by atoms with Gasteiger partial charge in [0.05, 0.1) is 19.1 Å². The average Bonchev–Trinajstić information content (AvgIpc) is 2.94. The molecule has 1 saturated heterocycles. The Morgan fingerprint density at radius 2 is 2.25 bits per heavy atom. The third-order valence-corrected chi connectivity index (χ3v) is 4.13. The fourth-order valence-electron chi connectivity index (χ4n) is 3.01. The zero-order chi connectivity index (χ0) is 13.9. The third kappa shape index (κ3) is 2.56. The number of hydrogen-bond donors (Lipinski definition) is 2. The van der Waals surface area contributed by atoms with E-state index in [1.807, 2.05) is 29.3 Å². The zero-order valence-electron chi connectivity index (χ0n) is 11.5. The standard InChI is InChI=1S/C16H20N2O2/c19-11-14-3-1-2-8-18(14)16(20)10-12-4-5-15-13(9-12)6-7-17-15/h4-7,9,14,17,19H,1-3,8,10-11H2. The van der Waals surface area contributed by atoms with Gasteiger partial charge in [-0.15, -0.1) is 0 Å². The van der Waals surface area contributed by atoms with E-state index >= 15 is 0 Å². The van der Waals surface area contributed by atoms with Crippen LogP contribution in [-0.2, 0) is 11.2 Å². The Labute approximate surface area is 118 Å². The molecule has 1 aromatic carbocycles. The zero-order valence-corrected chi connectivity index (χ0v) is 11.5. The predicted octanol–water partition coefficient (Wildman–Crippen LogP) is 2.08. The van der Waals surface area contributed by atoms with E-state index in [9.17, 15) is 9.90 Å². The Hall–Kier alpha value is -1.81. The number of piperidine rings is 1. The van der Waals surface area contributed by atoms with Crippen LogP contribution in [0.25, 0.3) is 10.9 Å². The molecule has 0 bridgehead atoms. The van der Waals surface area contributed by atoms with Gasteiger partial charge in [0, 0.05) is 18.3 Å². The van der Waals surface area contributed by atoms with Gasteiger partial charge in [-0.25, -0.2) is 0 Å². The number of fused-ring (bicyclic) bond motifs is 1. The lowest BCUT2D eigenvalue weighted by atomic mass is 10.0. The molecule has 2 aromatic rings. The molecule has 0 spiro atoms. The van der Waals surface area contributed by atoms with E-state index in [4.69, 9.17) is 0 Å². The highest BCUT2D eigenvalue weighted by Crippen LogP contribution is 2.19. The molecule has 1 aliphatic rings. The molecule has 20 heavy (non-hydrogen) atoms. The van der Waals surface area contributed by atoms with Crippen LogP contribution in [0.15, 0.2) is 30.5 Å². The minimum absolute atomic E-state index is 0.00670. The summed E-state index contributed by atoms with van der Waals surface area (Å²) in [6.45, 7) is 0.846. The molecule has 2 heterocycles. The van der Waals surface area contributed by atoms with Crippen LogP contribution in [0.4, 0.5) is 0 Å². The van der Waals surface area contributed by atoms with Gasteiger partial charge in [0.1, 0.15) is 0 Å². The van der Waals surface area contributed by atoms with Crippen molar-refractivity contribution in [2.75, 3.05) is 13.2 Å². The first-order chi connectivity index (χ1) is 9.78. The maximum atomic E-state index is 12.4. The third-order valence-electron chi connectivity index (χ3n) is 4.13. The number of benzene rings is 1. The molecule has 0 aliphatic carbocycles. The van der Waals surface area contributed by atoms with Crippen LogP contribution in [-0.4, -0.2) is 40.1 Å². The molecule has 1 amide bonds. The molecule has 0 radical (unpaired) electrons.